The third kappa shape index (κ3) is 29.1. The molecule has 7 aromatic carbocycles. The number of phenols is 11. The minimum absolute atomic E-state index is 0.00536. The van der Waals surface area contributed by atoms with Gasteiger partial charge in [-0.2, -0.15) is 5.26 Å². The average molecular weight is 1570 g/mol. The summed E-state index contributed by atoms with van der Waals surface area (Å²) in [6.07, 6.45) is 7.58. The molecule has 0 amide bonds. The molecule has 564 valence electrons. The van der Waals surface area contributed by atoms with E-state index in [9.17, 15) is 73.5 Å². The first-order valence-electron chi connectivity index (χ1n) is 30.6. The van der Waals surface area contributed by atoms with Crippen LogP contribution in [0.25, 0.3) is 12.2 Å². The van der Waals surface area contributed by atoms with Crippen molar-refractivity contribution in [2.45, 2.75) is 75.7 Å². The topological polar surface area (TPSA) is 491 Å². The maximum atomic E-state index is 13.0. The number of Topliss-reactive ketones (excluding diaryl/α,β-unsaturated/α-hetero) is 3. The van der Waals surface area contributed by atoms with Crippen LogP contribution in [-0.2, 0) is 39.9 Å². The number of carbonyl (C=O) groups excluding carboxylic acids is 10. The first-order valence-corrected chi connectivity index (χ1v) is 32.3. The standard InChI is InChI=1S/C23H18O10.C20H18O6.C8H6O4.C7H6O3.C6H6O3.C5H9Br.C4H6O3.C2H2ClN/c1-11(24)29-16-9-19(32-14(4)27)22-20(10-16)33-21(23(22)28)8-15-5-6-17(30-12(2)25)18(7-15)31-13(3)26;1-10(2)3-5-12-14(22)9-16-18(19(12)24)20(25)17(26-16)8-11-4-6-13(21)15(23)7-11;9-4-1-5(10)8-6(11)3-12-7(8)2-4;8-4-5-1-2-6(9)7(10)3-5;7-4-1-5(8)3-6(9)2-4;1-5(2)3-4-6;1-3(5)7-4(2)6;3-1-2-4/h5-10H,1-4H3;3-4,6-9,21-24H,5H2,1-2H3;1-2,9-10H,3H2;1-4,9-10H;1-3,7-9H;3H,4H2,1-2H3;1-2H3;1H2/b21-8-;17-8-;;;;;;. The fraction of sp³-hybridized carbons (Fsp3) is 0.187. The molecule has 0 spiro atoms. The molecule has 0 aliphatic carbocycles. The summed E-state index contributed by atoms with van der Waals surface area (Å²) in [6, 6.07) is 23.6. The van der Waals surface area contributed by atoms with E-state index in [1.165, 1.54) is 131 Å². The fourth-order valence-corrected chi connectivity index (χ4v) is 8.99. The molecule has 0 bridgehead atoms. The van der Waals surface area contributed by atoms with Crippen molar-refractivity contribution in [3.05, 3.63) is 177 Å². The number of alkyl halides is 2. The van der Waals surface area contributed by atoms with Gasteiger partial charge in [0, 0.05) is 107 Å². The van der Waals surface area contributed by atoms with Crippen LogP contribution in [0.15, 0.2) is 138 Å². The Labute approximate surface area is 623 Å². The van der Waals surface area contributed by atoms with Crippen LogP contribution in [0.2, 0.25) is 0 Å². The Bertz CT molecular complexity index is 4630. The van der Waals surface area contributed by atoms with Gasteiger partial charge in [0.1, 0.15) is 97.9 Å². The lowest BCUT2D eigenvalue weighted by atomic mass is 10.0. The molecule has 7 aromatic rings. The second-order valence-corrected chi connectivity index (χ2v) is 22.9. The van der Waals surface area contributed by atoms with E-state index in [1.54, 1.807) is 6.07 Å². The maximum Gasteiger partial charge on any atom is 0.310 e. The Morgan fingerprint density at radius 3 is 1.37 bits per heavy atom. The van der Waals surface area contributed by atoms with Gasteiger partial charge in [0.05, 0.1) is 6.07 Å². The number of benzene rings is 7. The number of phenolic OH excluding ortho intramolecular Hbond substituents is 11. The van der Waals surface area contributed by atoms with Crippen molar-refractivity contribution < 1.29 is 142 Å². The van der Waals surface area contributed by atoms with E-state index in [-0.39, 0.29) is 162 Å². The Morgan fingerprint density at radius 1 is 0.477 bits per heavy atom. The number of nitriles is 1. The summed E-state index contributed by atoms with van der Waals surface area (Å²) in [5, 5.41) is 110. The number of hydrogen-bond donors (Lipinski definition) is 11. The van der Waals surface area contributed by atoms with Crippen LogP contribution in [0.4, 0.5) is 0 Å². The van der Waals surface area contributed by atoms with Crippen LogP contribution in [0.1, 0.15) is 127 Å². The SMILES string of the molecule is CC(=O)OC(C)=O.CC(=O)Oc1cc(OC(C)=O)c2c(c1)O/C(=C\c1ccc(OC(C)=O)c(OC(C)=O)c1)C2=O.CC(C)=CCBr.CC(C)=CCc1c(O)cc2c(c1O)C(=O)/C(=C/c1ccc(O)c(O)c1)O2.N#CCCl.O=C1COc2cc(O)cc(O)c21.O=Cc1ccc(O)c(O)c1.Oc1cc(O)cc(O)c1. The highest BCUT2D eigenvalue weighted by molar-refractivity contribution is 9.09. The predicted molar refractivity (Wildman–Crippen MR) is 385 cm³/mol. The van der Waals surface area contributed by atoms with Gasteiger partial charge in [0.15, 0.2) is 52.6 Å². The van der Waals surface area contributed by atoms with E-state index in [1.807, 2.05) is 19.9 Å². The van der Waals surface area contributed by atoms with E-state index in [0.29, 0.717) is 23.0 Å². The van der Waals surface area contributed by atoms with Gasteiger partial charge < -0.3 is 94.1 Å². The highest BCUT2D eigenvalue weighted by Gasteiger charge is 2.35. The van der Waals surface area contributed by atoms with Crippen molar-refractivity contribution in [1.82, 2.24) is 0 Å². The summed E-state index contributed by atoms with van der Waals surface area (Å²) in [7, 11) is 0. The zero-order valence-electron chi connectivity index (χ0n) is 58.5. The Hall–Kier alpha value is -13.3. The number of hydrogen-bond acceptors (Lipinski definition) is 30. The minimum atomic E-state index is -0.686. The summed E-state index contributed by atoms with van der Waals surface area (Å²) < 4.78 is 40.2. The number of aldehydes is 1. The summed E-state index contributed by atoms with van der Waals surface area (Å²) in [4.78, 5) is 112. The van der Waals surface area contributed by atoms with Crippen LogP contribution in [0.3, 0.4) is 0 Å². The molecule has 3 heterocycles. The van der Waals surface area contributed by atoms with Crippen molar-refractivity contribution in [3.8, 4) is 110 Å². The summed E-state index contributed by atoms with van der Waals surface area (Å²) >= 11 is 8.10. The van der Waals surface area contributed by atoms with Crippen molar-refractivity contribution >= 4 is 99.1 Å². The fourth-order valence-electron chi connectivity index (χ4n) is 8.34. The van der Waals surface area contributed by atoms with Gasteiger partial charge in [-0.25, -0.2) is 0 Å². The second kappa shape index (κ2) is 42.3. The molecule has 32 heteroatoms. The third-order valence-corrected chi connectivity index (χ3v) is 13.0. The van der Waals surface area contributed by atoms with Crippen molar-refractivity contribution in [1.29, 1.82) is 5.26 Å². The van der Waals surface area contributed by atoms with Gasteiger partial charge in [0.2, 0.25) is 17.3 Å². The van der Waals surface area contributed by atoms with E-state index in [0.717, 1.165) is 42.1 Å². The molecule has 0 saturated heterocycles. The first kappa shape index (κ1) is 87.9. The first-order chi connectivity index (χ1) is 50.2. The smallest absolute Gasteiger partial charge is 0.310 e. The molecule has 0 radical (unpaired) electrons. The average Bonchev–Trinajstić information content (AvgIpc) is 1.64. The molecule has 30 nitrogen and oxygen atoms in total. The van der Waals surface area contributed by atoms with E-state index < -0.39 is 47.4 Å². The Kier molecular flexibility index (Phi) is 34.7. The van der Waals surface area contributed by atoms with Gasteiger partial charge in [-0.15, -0.1) is 11.6 Å². The second-order valence-electron chi connectivity index (χ2n) is 22.0. The van der Waals surface area contributed by atoms with E-state index >= 15 is 0 Å². The molecule has 11 N–H and O–H groups in total. The minimum Gasteiger partial charge on any atom is -0.508 e. The number of esters is 6. The van der Waals surface area contributed by atoms with Crippen LogP contribution in [-0.4, -0.2) is 133 Å². The van der Waals surface area contributed by atoms with Gasteiger partial charge in [-0.05, 0) is 99.9 Å². The molecule has 0 aromatic heterocycles. The van der Waals surface area contributed by atoms with Gasteiger partial charge >= 0.3 is 35.8 Å². The number of ketones is 3. The Morgan fingerprint density at radius 2 is 0.925 bits per heavy atom. The molecule has 0 atom stereocenters. The van der Waals surface area contributed by atoms with Crippen LogP contribution >= 0.6 is 27.5 Å². The van der Waals surface area contributed by atoms with Crippen LogP contribution in [0, 0.1) is 11.3 Å². The number of allylic oxidation sites excluding steroid dienone is 6. The molecule has 3 aliphatic rings. The van der Waals surface area contributed by atoms with E-state index in [2.05, 4.69) is 40.6 Å². The van der Waals surface area contributed by atoms with Crippen LogP contribution < -0.4 is 33.2 Å². The molecule has 3 aliphatic heterocycles. The van der Waals surface area contributed by atoms with Gasteiger partial charge in [0.25, 0.3) is 0 Å². The molecule has 107 heavy (non-hydrogen) atoms. The zero-order valence-corrected chi connectivity index (χ0v) is 60.8. The number of carbonyl (C=O) groups is 10. The molecular weight excluding hydrogens is 1490 g/mol. The molecule has 0 fully saturated rings. The summed E-state index contributed by atoms with van der Waals surface area (Å²) in [6.45, 7) is 15.0. The summed E-state index contributed by atoms with van der Waals surface area (Å²) in [5.74, 6) is -7.26. The molecular formula is C75H71BrClNO29. The number of nitrogens with zero attached hydrogens (tertiary/aromatic N) is 1. The van der Waals surface area contributed by atoms with Crippen molar-refractivity contribution in [3.63, 3.8) is 0 Å². The highest BCUT2D eigenvalue weighted by atomic mass is 79.9. The summed E-state index contributed by atoms with van der Waals surface area (Å²) in [5.41, 5.74) is 3.93. The molecule has 0 saturated carbocycles. The largest absolute Gasteiger partial charge is 0.508 e. The van der Waals surface area contributed by atoms with Crippen LogP contribution in [0.5, 0.6) is 103 Å². The third-order valence-electron chi connectivity index (χ3n) is 12.6. The Balaban J connectivity index is 0.000000351. The van der Waals surface area contributed by atoms with Gasteiger partial charge in [-0.3, -0.25) is 47.9 Å². The number of aromatic hydroxyl groups is 11. The quantitative estimate of drug-likeness (QED) is 0.00885. The van der Waals surface area contributed by atoms with Gasteiger partial charge in [-0.1, -0.05) is 51.4 Å². The molecule has 10 rings (SSSR count). The van der Waals surface area contributed by atoms with E-state index in [4.69, 9.17) is 80.7 Å². The predicted octanol–water partition coefficient (Wildman–Crippen LogP) is 12.2. The number of rotatable bonds is 10. The lowest BCUT2D eigenvalue weighted by Gasteiger charge is -2.09. The monoisotopic (exact) mass is 1560 g/mol. The normalized spacial score (nSPS) is 11.9. The molecule has 0 unspecified atom stereocenters. The lowest BCUT2D eigenvalue weighted by Crippen LogP contribution is -2.08. The number of fused-ring (bicyclic) bond motifs is 3. The highest BCUT2D eigenvalue weighted by Crippen LogP contribution is 2.46. The number of ether oxygens (including phenoxy) is 8. The van der Waals surface area contributed by atoms with Crippen molar-refractivity contribution in [2.75, 3.05) is 17.8 Å². The lowest BCUT2D eigenvalue weighted by molar-refractivity contribution is -0.156. The number of halogens is 2. The zero-order chi connectivity index (χ0) is 80.7. The van der Waals surface area contributed by atoms with Crippen molar-refractivity contribution in [2.24, 2.45) is 0 Å². The maximum absolute atomic E-state index is 13.0.